The molecule has 32 heavy (non-hydrogen) atoms. The Kier molecular flexibility index (Phi) is 5.57. The van der Waals surface area contributed by atoms with Gasteiger partial charge in [-0.1, -0.05) is 42.0 Å². The van der Waals surface area contributed by atoms with Crippen molar-refractivity contribution in [3.05, 3.63) is 70.1 Å². The van der Waals surface area contributed by atoms with Gasteiger partial charge in [0.25, 0.3) is 0 Å². The van der Waals surface area contributed by atoms with Crippen LogP contribution >= 0.6 is 11.3 Å². The highest BCUT2D eigenvalue weighted by Crippen LogP contribution is 2.26. The number of nitrogens with one attached hydrogen (secondary N) is 1. The minimum absolute atomic E-state index is 0.00559. The molecule has 0 fully saturated rings. The molecule has 2 aromatic carbocycles. The van der Waals surface area contributed by atoms with Gasteiger partial charge in [-0.3, -0.25) is 14.9 Å². The molecule has 0 saturated carbocycles. The van der Waals surface area contributed by atoms with E-state index in [-0.39, 0.29) is 30.5 Å². The first kappa shape index (κ1) is 20.6. The van der Waals surface area contributed by atoms with Gasteiger partial charge in [-0.15, -0.1) is 16.4 Å². The molecule has 162 valence electrons. The quantitative estimate of drug-likeness (QED) is 0.412. The molecule has 2 heterocycles. The molecule has 1 aliphatic carbocycles. The van der Waals surface area contributed by atoms with Gasteiger partial charge in [0, 0.05) is 29.3 Å². The average molecular weight is 445 g/mol. The molecule has 1 amide bonds. The highest BCUT2D eigenvalue weighted by Gasteiger charge is 2.16. The minimum Gasteiger partial charge on any atom is -0.294 e. The van der Waals surface area contributed by atoms with Crippen LogP contribution in [0, 0.1) is 6.92 Å². The first-order valence-corrected chi connectivity index (χ1v) is 11.8. The number of hydrogen-bond donors (Lipinski definition) is 1. The molecule has 0 unspecified atom stereocenters. The maximum absolute atomic E-state index is 12.6. The summed E-state index contributed by atoms with van der Waals surface area (Å²) < 4.78 is 1.74. The number of aromatic nitrogens is 3. The summed E-state index contributed by atoms with van der Waals surface area (Å²) in [5.41, 5.74) is 6.49. The minimum atomic E-state index is -0.258. The maximum atomic E-state index is 12.6. The zero-order chi connectivity index (χ0) is 22.1. The summed E-state index contributed by atoms with van der Waals surface area (Å²) in [5, 5.41) is 9.18. The Morgan fingerprint density at radius 1 is 1.03 bits per heavy atom. The molecule has 1 aliphatic rings. The van der Waals surface area contributed by atoms with Gasteiger partial charge in [-0.05, 0) is 49.8 Å². The molecule has 4 aromatic rings. The van der Waals surface area contributed by atoms with Gasteiger partial charge in [0.05, 0.1) is 5.69 Å². The fourth-order valence-electron chi connectivity index (χ4n) is 4.12. The molecule has 5 rings (SSSR count). The van der Waals surface area contributed by atoms with Crippen molar-refractivity contribution in [1.29, 1.82) is 0 Å². The van der Waals surface area contributed by atoms with Crippen molar-refractivity contribution in [2.24, 2.45) is 0 Å². The molecule has 0 radical (unpaired) electrons. The number of ketones is 1. The number of amides is 1. The van der Waals surface area contributed by atoms with Gasteiger partial charge in [-0.2, -0.15) is 4.98 Å². The van der Waals surface area contributed by atoms with E-state index in [9.17, 15) is 9.59 Å². The first-order valence-electron chi connectivity index (χ1n) is 10.9. The van der Waals surface area contributed by atoms with Crippen molar-refractivity contribution in [2.45, 2.75) is 45.4 Å². The molecule has 6 nitrogen and oxygen atoms in total. The van der Waals surface area contributed by atoms with Crippen molar-refractivity contribution in [3.8, 4) is 11.3 Å². The van der Waals surface area contributed by atoms with Crippen LogP contribution in [0.2, 0.25) is 0 Å². The van der Waals surface area contributed by atoms with E-state index >= 15 is 0 Å². The lowest BCUT2D eigenvalue weighted by molar-refractivity contribution is -0.116. The van der Waals surface area contributed by atoms with Crippen LogP contribution in [0.5, 0.6) is 0 Å². The zero-order valence-corrected chi connectivity index (χ0v) is 18.7. The molecule has 0 bridgehead atoms. The van der Waals surface area contributed by atoms with Crippen LogP contribution in [0.3, 0.4) is 0 Å². The third-order valence-corrected chi connectivity index (χ3v) is 6.75. The molecule has 1 N–H and O–H groups in total. The van der Waals surface area contributed by atoms with Gasteiger partial charge in [0.15, 0.2) is 5.78 Å². The largest absolute Gasteiger partial charge is 0.294 e. The van der Waals surface area contributed by atoms with E-state index < -0.39 is 0 Å². The molecule has 0 spiro atoms. The molecule has 7 heteroatoms. The molecule has 2 aromatic heterocycles. The summed E-state index contributed by atoms with van der Waals surface area (Å²) in [5.74, 6) is -0.00291. The first-order chi connectivity index (χ1) is 15.6. The number of fused-ring (bicyclic) bond motifs is 2. The van der Waals surface area contributed by atoms with Crippen LogP contribution in [0.1, 0.15) is 52.7 Å². The van der Waals surface area contributed by atoms with E-state index in [1.54, 1.807) is 4.52 Å². The lowest BCUT2D eigenvalue weighted by Gasteiger charge is -2.16. The van der Waals surface area contributed by atoms with E-state index in [1.165, 1.54) is 40.9 Å². The number of benzene rings is 2. The lowest BCUT2D eigenvalue weighted by atomic mass is 9.89. The van der Waals surface area contributed by atoms with E-state index in [0.717, 1.165) is 24.1 Å². The number of carbonyl (C=O) groups is 2. The maximum Gasteiger partial charge on any atom is 0.250 e. The third kappa shape index (κ3) is 4.21. The molecule has 0 saturated heterocycles. The summed E-state index contributed by atoms with van der Waals surface area (Å²) in [6, 6.07) is 14.2. The van der Waals surface area contributed by atoms with Crippen LogP contribution in [0.15, 0.2) is 47.8 Å². The predicted octanol–water partition coefficient (Wildman–Crippen LogP) is 5.25. The number of nitrogens with zero attached hydrogens (tertiary/aromatic N) is 3. The summed E-state index contributed by atoms with van der Waals surface area (Å²) >= 11 is 1.47. The Morgan fingerprint density at radius 3 is 2.62 bits per heavy atom. The van der Waals surface area contributed by atoms with Crippen LogP contribution in [-0.4, -0.2) is 26.3 Å². The average Bonchev–Trinajstić information content (AvgIpc) is 3.38. The van der Waals surface area contributed by atoms with Gasteiger partial charge in [-0.25, -0.2) is 4.52 Å². The Bertz CT molecular complexity index is 1300. The second-order valence-electron chi connectivity index (χ2n) is 8.28. The SMILES string of the molecule is Cc1ccc(-c2csc3nc(NC(=O)CCC(=O)c4ccc5c(c4)CCCC5)nn23)cc1. The number of Topliss-reactive ketones (excluding diaryl/α,β-unsaturated/α-hetero) is 1. The number of rotatable bonds is 6. The third-order valence-electron chi connectivity index (χ3n) is 5.93. The second kappa shape index (κ2) is 8.67. The normalized spacial score (nSPS) is 13.2. The monoisotopic (exact) mass is 444 g/mol. The predicted molar refractivity (Wildman–Crippen MR) is 126 cm³/mol. The Labute approximate surface area is 190 Å². The molecular weight excluding hydrogens is 420 g/mol. The van der Waals surface area contributed by atoms with Gasteiger partial charge in [0.1, 0.15) is 0 Å². The van der Waals surface area contributed by atoms with Crippen molar-refractivity contribution < 1.29 is 9.59 Å². The lowest BCUT2D eigenvalue weighted by Crippen LogP contribution is -2.15. The van der Waals surface area contributed by atoms with Crippen molar-refractivity contribution >= 4 is 33.9 Å². The van der Waals surface area contributed by atoms with Crippen LogP contribution in [-0.2, 0) is 17.6 Å². The highest BCUT2D eigenvalue weighted by molar-refractivity contribution is 7.15. The van der Waals surface area contributed by atoms with E-state index in [0.29, 0.717) is 10.5 Å². The molecule has 0 aliphatic heterocycles. The van der Waals surface area contributed by atoms with Gasteiger partial charge >= 0.3 is 0 Å². The number of hydrogen-bond acceptors (Lipinski definition) is 5. The summed E-state index contributed by atoms with van der Waals surface area (Å²) in [6.07, 6.45) is 4.78. The van der Waals surface area contributed by atoms with Gasteiger partial charge < -0.3 is 0 Å². The number of carbonyl (C=O) groups excluding carboxylic acids is 2. The number of anilines is 1. The standard InChI is InChI=1S/C25H24N4O2S/c1-16-6-8-18(9-7-16)21-15-32-25-27-24(28-29(21)25)26-23(31)13-12-22(30)20-11-10-17-4-2-3-5-19(17)14-20/h6-11,14-15H,2-5,12-13H2,1H3,(H,26,28,31). The van der Waals surface area contributed by atoms with Crippen LogP contribution < -0.4 is 5.32 Å². The van der Waals surface area contributed by atoms with Crippen LogP contribution in [0.4, 0.5) is 5.95 Å². The summed E-state index contributed by atoms with van der Waals surface area (Å²) in [7, 11) is 0. The Morgan fingerprint density at radius 2 is 1.81 bits per heavy atom. The van der Waals surface area contributed by atoms with E-state index in [2.05, 4.69) is 33.6 Å². The van der Waals surface area contributed by atoms with Crippen molar-refractivity contribution in [3.63, 3.8) is 0 Å². The zero-order valence-electron chi connectivity index (χ0n) is 17.9. The Hall–Kier alpha value is -3.32. The highest BCUT2D eigenvalue weighted by atomic mass is 32.1. The Balaban J connectivity index is 1.22. The second-order valence-corrected chi connectivity index (χ2v) is 9.12. The van der Waals surface area contributed by atoms with E-state index in [1.807, 2.05) is 36.6 Å². The summed E-state index contributed by atoms with van der Waals surface area (Å²) in [6.45, 7) is 2.05. The van der Waals surface area contributed by atoms with E-state index in [4.69, 9.17) is 0 Å². The number of aryl methyl sites for hydroxylation is 3. The van der Waals surface area contributed by atoms with Crippen LogP contribution in [0.25, 0.3) is 16.2 Å². The molecular formula is C25H24N4O2S. The smallest absolute Gasteiger partial charge is 0.250 e. The fourth-order valence-corrected chi connectivity index (χ4v) is 4.95. The fraction of sp³-hybridized carbons (Fsp3) is 0.280. The van der Waals surface area contributed by atoms with Crippen molar-refractivity contribution in [2.75, 3.05) is 5.32 Å². The van der Waals surface area contributed by atoms with Gasteiger partial charge in [0.2, 0.25) is 16.8 Å². The number of thiazole rings is 1. The van der Waals surface area contributed by atoms with Crippen molar-refractivity contribution in [1.82, 2.24) is 14.6 Å². The topological polar surface area (TPSA) is 76.4 Å². The summed E-state index contributed by atoms with van der Waals surface area (Å²) in [4.78, 5) is 30.1. The molecule has 0 atom stereocenters.